The van der Waals surface area contributed by atoms with Crippen LogP contribution >= 0.6 is 11.6 Å². The molecular formula is C18H12ClO. The average Bonchev–Trinajstić information content (AvgIpc) is 2.50. The zero-order valence-electron chi connectivity index (χ0n) is 10.7. The van der Waals surface area contributed by atoms with Gasteiger partial charge in [-0.3, -0.25) is 0 Å². The Morgan fingerprint density at radius 2 is 1.55 bits per heavy atom. The van der Waals surface area contributed by atoms with Gasteiger partial charge in [0.25, 0.3) is 0 Å². The average molecular weight is 280 g/mol. The molecule has 3 aromatic rings. The Balaban J connectivity index is 1.98. The molecule has 97 valence electrons. The van der Waals surface area contributed by atoms with Crippen LogP contribution in [-0.2, 0) is 0 Å². The molecule has 0 aliphatic heterocycles. The summed E-state index contributed by atoms with van der Waals surface area (Å²) in [5.41, 5.74) is 1.95. The molecule has 1 nitrogen and oxygen atoms in total. The number of rotatable bonds is 3. The van der Waals surface area contributed by atoms with E-state index in [0.29, 0.717) is 0 Å². The molecule has 0 aromatic heterocycles. The highest BCUT2D eigenvalue weighted by Gasteiger charge is 2.07. The lowest BCUT2D eigenvalue weighted by molar-refractivity contribution is 0.484. The van der Waals surface area contributed by atoms with Gasteiger partial charge in [0.05, 0.1) is 0 Å². The van der Waals surface area contributed by atoms with Crippen molar-refractivity contribution >= 4 is 11.6 Å². The van der Waals surface area contributed by atoms with Gasteiger partial charge in [-0.2, -0.15) is 0 Å². The number of para-hydroxylation sites is 1. The Morgan fingerprint density at radius 3 is 2.30 bits per heavy atom. The van der Waals surface area contributed by atoms with Crippen LogP contribution in [0.25, 0.3) is 11.1 Å². The predicted molar refractivity (Wildman–Crippen MR) is 82.2 cm³/mol. The molecule has 0 saturated heterocycles. The molecule has 0 spiro atoms. The van der Waals surface area contributed by atoms with Gasteiger partial charge >= 0.3 is 0 Å². The smallest absolute Gasteiger partial charge is 0.135 e. The van der Waals surface area contributed by atoms with Gasteiger partial charge < -0.3 is 4.74 Å². The number of halogens is 1. The number of ether oxygens (including phenoxy) is 1. The molecule has 3 rings (SSSR count). The van der Waals surface area contributed by atoms with Crippen LogP contribution in [0.5, 0.6) is 11.5 Å². The summed E-state index contributed by atoms with van der Waals surface area (Å²) < 4.78 is 5.93. The standard InChI is InChI=1S/C18H12ClO/c19-15-12-10-14(11-13-15)17-8-4-5-9-18(17)20-16-6-2-1-3-7-16/h1-7,9-13H. The van der Waals surface area contributed by atoms with Crippen LogP contribution < -0.4 is 4.74 Å². The van der Waals surface area contributed by atoms with Crippen molar-refractivity contribution in [2.24, 2.45) is 0 Å². The molecule has 0 aliphatic carbocycles. The summed E-state index contributed by atoms with van der Waals surface area (Å²) in [7, 11) is 0. The largest absolute Gasteiger partial charge is 0.457 e. The number of hydrogen-bond acceptors (Lipinski definition) is 1. The topological polar surface area (TPSA) is 9.23 Å². The van der Waals surface area contributed by atoms with Crippen LogP contribution in [0, 0.1) is 6.07 Å². The first-order valence-electron chi connectivity index (χ1n) is 6.32. The lowest BCUT2D eigenvalue weighted by atomic mass is 10.0. The first-order valence-corrected chi connectivity index (χ1v) is 6.70. The van der Waals surface area contributed by atoms with E-state index in [9.17, 15) is 0 Å². The minimum Gasteiger partial charge on any atom is -0.457 e. The zero-order valence-corrected chi connectivity index (χ0v) is 11.5. The van der Waals surface area contributed by atoms with Crippen LogP contribution in [0.2, 0.25) is 5.02 Å². The summed E-state index contributed by atoms with van der Waals surface area (Å²) in [6, 6.07) is 26.3. The molecule has 0 aliphatic rings. The molecule has 3 aromatic carbocycles. The second-order valence-corrected chi connectivity index (χ2v) is 4.77. The minimum atomic E-state index is 0.718. The molecule has 0 fully saturated rings. The third-order valence-corrected chi connectivity index (χ3v) is 3.17. The van der Waals surface area contributed by atoms with Gasteiger partial charge in [-0.05, 0) is 42.0 Å². The van der Waals surface area contributed by atoms with Crippen molar-refractivity contribution in [3.05, 3.63) is 83.9 Å². The highest BCUT2D eigenvalue weighted by atomic mass is 35.5. The summed E-state index contributed by atoms with van der Waals surface area (Å²) in [5, 5.41) is 0.718. The van der Waals surface area contributed by atoms with Crippen molar-refractivity contribution in [1.29, 1.82) is 0 Å². The fraction of sp³-hybridized carbons (Fsp3) is 0. The Hall–Kier alpha value is -2.25. The number of benzene rings is 3. The molecule has 0 unspecified atom stereocenters. The summed E-state index contributed by atoms with van der Waals surface area (Å²) >= 11 is 5.93. The van der Waals surface area contributed by atoms with Gasteiger partial charge in [-0.25, -0.2) is 0 Å². The molecular weight excluding hydrogens is 268 g/mol. The molecule has 0 N–H and O–H groups in total. The van der Waals surface area contributed by atoms with Crippen molar-refractivity contribution in [2.75, 3.05) is 0 Å². The van der Waals surface area contributed by atoms with E-state index in [4.69, 9.17) is 16.3 Å². The van der Waals surface area contributed by atoms with Crippen molar-refractivity contribution in [1.82, 2.24) is 0 Å². The van der Waals surface area contributed by atoms with Crippen LogP contribution in [0.4, 0.5) is 0 Å². The first kappa shape index (κ1) is 12.8. The number of hydrogen-bond donors (Lipinski definition) is 0. The van der Waals surface area contributed by atoms with E-state index < -0.39 is 0 Å². The van der Waals surface area contributed by atoms with Gasteiger partial charge in [0.2, 0.25) is 0 Å². The molecule has 0 atom stereocenters. The lowest BCUT2D eigenvalue weighted by Gasteiger charge is -2.11. The highest BCUT2D eigenvalue weighted by Crippen LogP contribution is 2.33. The van der Waals surface area contributed by atoms with Gasteiger partial charge in [0.15, 0.2) is 0 Å². The SMILES string of the molecule is Clc1ccc(-c2[c]cccc2Oc2ccccc2)cc1. The van der Waals surface area contributed by atoms with Crippen molar-refractivity contribution in [3.8, 4) is 22.6 Å². The third kappa shape index (κ3) is 2.84. The molecule has 0 heterocycles. The van der Waals surface area contributed by atoms with E-state index in [0.717, 1.165) is 27.6 Å². The van der Waals surface area contributed by atoms with Crippen molar-refractivity contribution < 1.29 is 4.74 Å². The highest BCUT2D eigenvalue weighted by molar-refractivity contribution is 6.30. The Bertz CT molecular complexity index is 690. The van der Waals surface area contributed by atoms with Gasteiger partial charge in [-0.1, -0.05) is 54.1 Å². The third-order valence-electron chi connectivity index (χ3n) is 2.92. The van der Waals surface area contributed by atoms with E-state index in [1.165, 1.54) is 0 Å². The van der Waals surface area contributed by atoms with E-state index in [1.807, 2.05) is 72.8 Å². The predicted octanol–water partition coefficient (Wildman–Crippen LogP) is 5.60. The van der Waals surface area contributed by atoms with Gasteiger partial charge in [0, 0.05) is 10.6 Å². The summed E-state index contributed by atoms with van der Waals surface area (Å²) in [6.07, 6.45) is 0. The van der Waals surface area contributed by atoms with Crippen LogP contribution in [0.1, 0.15) is 0 Å². The van der Waals surface area contributed by atoms with Gasteiger partial charge in [-0.15, -0.1) is 0 Å². The molecule has 0 amide bonds. The van der Waals surface area contributed by atoms with Crippen molar-refractivity contribution in [2.45, 2.75) is 0 Å². The minimum absolute atomic E-state index is 0.718. The summed E-state index contributed by atoms with van der Waals surface area (Å²) in [5.74, 6) is 1.59. The van der Waals surface area contributed by atoms with E-state index in [1.54, 1.807) is 0 Å². The summed E-state index contributed by atoms with van der Waals surface area (Å²) in [6.45, 7) is 0. The molecule has 0 saturated carbocycles. The van der Waals surface area contributed by atoms with Crippen LogP contribution in [-0.4, -0.2) is 0 Å². The maximum absolute atomic E-state index is 5.93. The molecule has 1 radical (unpaired) electrons. The summed E-state index contributed by atoms with van der Waals surface area (Å²) in [4.78, 5) is 0. The maximum Gasteiger partial charge on any atom is 0.135 e. The lowest BCUT2D eigenvalue weighted by Crippen LogP contribution is -1.88. The molecule has 20 heavy (non-hydrogen) atoms. The second-order valence-electron chi connectivity index (χ2n) is 4.33. The second kappa shape index (κ2) is 5.81. The molecule has 0 bridgehead atoms. The van der Waals surface area contributed by atoms with Crippen molar-refractivity contribution in [3.63, 3.8) is 0 Å². The Labute approximate surface area is 123 Å². The van der Waals surface area contributed by atoms with Crippen LogP contribution in [0.15, 0.2) is 72.8 Å². The van der Waals surface area contributed by atoms with E-state index in [-0.39, 0.29) is 0 Å². The maximum atomic E-state index is 5.93. The van der Waals surface area contributed by atoms with E-state index >= 15 is 0 Å². The monoisotopic (exact) mass is 279 g/mol. The van der Waals surface area contributed by atoms with Gasteiger partial charge in [0.1, 0.15) is 11.5 Å². The fourth-order valence-electron chi connectivity index (χ4n) is 1.96. The Morgan fingerprint density at radius 1 is 0.800 bits per heavy atom. The normalized spacial score (nSPS) is 10.2. The fourth-order valence-corrected chi connectivity index (χ4v) is 2.09. The first-order chi connectivity index (χ1) is 9.83. The van der Waals surface area contributed by atoms with Crippen LogP contribution in [0.3, 0.4) is 0 Å². The Kier molecular flexibility index (Phi) is 3.71. The quantitative estimate of drug-likeness (QED) is 0.606. The zero-order chi connectivity index (χ0) is 13.8. The molecule has 2 heteroatoms. The van der Waals surface area contributed by atoms with E-state index in [2.05, 4.69) is 6.07 Å².